The third kappa shape index (κ3) is 3.87. The average Bonchev–Trinajstić information content (AvgIpc) is 3.55. The van der Waals surface area contributed by atoms with Gasteiger partial charge in [-0.1, -0.05) is 0 Å². The maximum Gasteiger partial charge on any atom is 0.253 e. The Morgan fingerprint density at radius 2 is 2.03 bits per heavy atom. The summed E-state index contributed by atoms with van der Waals surface area (Å²) in [6, 6.07) is 5.62. The minimum Gasteiger partial charge on any atom is -0.342 e. The second-order valence-electron chi connectivity index (χ2n) is 7.36. The summed E-state index contributed by atoms with van der Waals surface area (Å²) in [6.45, 7) is 5.92. The van der Waals surface area contributed by atoms with Gasteiger partial charge in [0.2, 0.25) is 0 Å². The summed E-state index contributed by atoms with van der Waals surface area (Å²) in [5, 5.41) is 14.8. The van der Waals surface area contributed by atoms with Crippen molar-refractivity contribution in [3.63, 3.8) is 0 Å². The van der Waals surface area contributed by atoms with Crippen LogP contribution in [-0.4, -0.2) is 35.5 Å². The molecule has 0 saturated heterocycles. The number of aryl methyl sites for hydroxylation is 2. The van der Waals surface area contributed by atoms with Crippen LogP contribution < -0.4 is 10.6 Å². The number of nitrogens with one attached hydrogen (secondary N) is 3. The SMILES string of the molecule is Cc1ccc(-c2cnc3c(Nc4ncc(C)s4)cc(C(=O)N[C@@H](C)c4nnc[nH]4)cn23)s1. The number of fused-ring (bicyclic) bond motifs is 1. The highest BCUT2D eigenvalue weighted by Gasteiger charge is 2.19. The molecule has 5 rings (SSSR count). The third-order valence-corrected chi connectivity index (χ3v) is 6.77. The average molecular weight is 465 g/mol. The van der Waals surface area contributed by atoms with Crippen molar-refractivity contribution in [3.05, 3.63) is 64.3 Å². The van der Waals surface area contributed by atoms with Gasteiger partial charge >= 0.3 is 0 Å². The molecule has 0 aliphatic heterocycles. The van der Waals surface area contributed by atoms with Gasteiger partial charge in [-0.3, -0.25) is 9.20 Å². The van der Waals surface area contributed by atoms with E-state index in [4.69, 9.17) is 0 Å². The fraction of sp³-hybridized carbons (Fsp3) is 0.190. The first-order valence-corrected chi connectivity index (χ1v) is 11.6. The summed E-state index contributed by atoms with van der Waals surface area (Å²) in [7, 11) is 0. The minimum atomic E-state index is -0.319. The van der Waals surface area contributed by atoms with Crippen molar-refractivity contribution in [1.82, 2.24) is 34.9 Å². The number of nitrogens with zero attached hydrogens (tertiary/aromatic N) is 5. The van der Waals surface area contributed by atoms with Crippen LogP contribution in [0.4, 0.5) is 10.8 Å². The zero-order valence-corrected chi connectivity index (χ0v) is 19.2. The van der Waals surface area contributed by atoms with Crippen LogP contribution in [-0.2, 0) is 0 Å². The van der Waals surface area contributed by atoms with Crippen LogP contribution >= 0.6 is 22.7 Å². The van der Waals surface area contributed by atoms with Crippen LogP contribution in [0.15, 0.2) is 43.1 Å². The summed E-state index contributed by atoms with van der Waals surface area (Å²) in [6.07, 6.45) is 6.94. The Kier molecular flexibility index (Phi) is 5.19. The van der Waals surface area contributed by atoms with Crippen LogP contribution in [0.25, 0.3) is 16.2 Å². The van der Waals surface area contributed by atoms with Crippen molar-refractivity contribution in [1.29, 1.82) is 0 Å². The number of hydrogen-bond acceptors (Lipinski definition) is 8. The molecule has 0 saturated carbocycles. The van der Waals surface area contributed by atoms with Gasteiger partial charge in [0.1, 0.15) is 6.33 Å². The molecule has 0 radical (unpaired) electrons. The van der Waals surface area contributed by atoms with Gasteiger partial charge in [-0.2, -0.15) is 0 Å². The van der Waals surface area contributed by atoms with Crippen LogP contribution in [0.3, 0.4) is 0 Å². The summed E-state index contributed by atoms with van der Waals surface area (Å²) < 4.78 is 1.95. The predicted octanol–water partition coefficient (Wildman–Crippen LogP) is 4.49. The Balaban J connectivity index is 1.57. The standard InChI is InChI=1S/C21H20N8OS2/c1-11-4-5-17(31-11)16-8-22-19-15(27-21-23-7-12(2)32-21)6-14(9-29(16)19)20(30)26-13(3)18-24-10-25-28-18/h4-10,13H,1-3H3,(H,23,27)(H,26,30)(H,24,25,28)/t13-/m0/s1. The first kappa shape index (κ1) is 20.3. The van der Waals surface area contributed by atoms with Crippen LogP contribution in [0.5, 0.6) is 0 Å². The molecule has 5 aromatic heterocycles. The molecule has 0 aromatic carbocycles. The molecular formula is C21H20N8OS2. The normalized spacial score (nSPS) is 12.2. The molecule has 5 heterocycles. The number of carbonyl (C=O) groups is 1. The highest BCUT2D eigenvalue weighted by atomic mass is 32.1. The van der Waals surface area contributed by atoms with Crippen molar-refractivity contribution < 1.29 is 4.79 Å². The fourth-order valence-electron chi connectivity index (χ4n) is 3.36. The topological polar surface area (TPSA) is 113 Å². The Morgan fingerprint density at radius 3 is 2.72 bits per heavy atom. The molecule has 0 bridgehead atoms. The molecule has 162 valence electrons. The molecule has 1 atom stereocenters. The molecule has 1 amide bonds. The number of amides is 1. The lowest BCUT2D eigenvalue weighted by Gasteiger charge is -2.13. The Bertz CT molecular complexity index is 1400. The van der Waals surface area contributed by atoms with Crippen molar-refractivity contribution in [3.8, 4) is 10.6 Å². The van der Waals surface area contributed by atoms with E-state index in [9.17, 15) is 4.79 Å². The zero-order chi connectivity index (χ0) is 22.2. The number of thiazole rings is 1. The molecular weight excluding hydrogens is 444 g/mol. The highest BCUT2D eigenvalue weighted by molar-refractivity contribution is 7.15. The third-order valence-electron chi connectivity index (χ3n) is 4.92. The van der Waals surface area contributed by atoms with Crippen LogP contribution in [0, 0.1) is 13.8 Å². The maximum absolute atomic E-state index is 13.1. The number of pyridine rings is 1. The molecule has 11 heteroatoms. The number of thiophene rings is 1. The number of anilines is 2. The summed E-state index contributed by atoms with van der Waals surface area (Å²) >= 11 is 3.23. The van der Waals surface area contributed by atoms with E-state index in [2.05, 4.69) is 54.8 Å². The monoisotopic (exact) mass is 464 g/mol. The van der Waals surface area contributed by atoms with E-state index in [0.717, 1.165) is 26.2 Å². The van der Waals surface area contributed by atoms with Crippen molar-refractivity contribution >= 4 is 45.0 Å². The summed E-state index contributed by atoms with van der Waals surface area (Å²) in [4.78, 5) is 28.5. The number of aromatic nitrogens is 6. The Hall–Kier alpha value is -3.57. The van der Waals surface area contributed by atoms with Crippen molar-refractivity contribution in [2.24, 2.45) is 0 Å². The second-order valence-corrected chi connectivity index (χ2v) is 9.88. The van der Waals surface area contributed by atoms with Gasteiger partial charge in [0.15, 0.2) is 16.6 Å². The lowest BCUT2D eigenvalue weighted by molar-refractivity contribution is 0.0938. The van der Waals surface area contributed by atoms with Crippen molar-refractivity contribution in [2.45, 2.75) is 26.8 Å². The van der Waals surface area contributed by atoms with E-state index in [1.54, 1.807) is 28.7 Å². The molecule has 0 fully saturated rings. The number of rotatable bonds is 6. The lowest BCUT2D eigenvalue weighted by atomic mass is 10.2. The van der Waals surface area contributed by atoms with E-state index in [1.807, 2.05) is 36.8 Å². The van der Waals surface area contributed by atoms with Gasteiger partial charge in [-0.25, -0.2) is 9.97 Å². The summed E-state index contributed by atoms with van der Waals surface area (Å²) in [5.74, 6) is 0.365. The second kappa shape index (κ2) is 8.17. The van der Waals surface area contributed by atoms with Gasteiger partial charge in [0.05, 0.1) is 34.1 Å². The van der Waals surface area contributed by atoms with Crippen LogP contribution in [0.1, 0.15) is 38.9 Å². The maximum atomic E-state index is 13.1. The van der Waals surface area contributed by atoms with Gasteiger partial charge in [0, 0.05) is 22.1 Å². The van der Waals surface area contributed by atoms with Gasteiger partial charge < -0.3 is 15.6 Å². The molecule has 0 spiro atoms. The van der Waals surface area contributed by atoms with E-state index in [1.165, 1.54) is 11.2 Å². The Morgan fingerprint density at radius 1 is 1.16 bits per heavy atom. The first-order chi connectivity index (χ1) is 15.5. The zero-order valence-electron chi connectivity index (χ0n) is 17.6. The predicted molar refractivity (Wildman–Crippen MR) is 126 cm³/mol. The number of hydrogen-bond donors (Lipinski definition) is 3. The fourth-order valence-corrected chi connectivity index (χ4v) is 4.91. The number of H-pyrrole nitrogens is 1. The molecule has 5 aromatic rings. The van der Waals surface area contributed by atoms with E-state index in [0.29, 0.717) is 17.1 Å². The minimum absolute atomic E-state index is 0.226. The van der Waals surface area contributed by atoms with Crippen LogP contribution in [0.2, 0.25) is 0 Å². The Labute approximate surface area is 191 Å². The number of aromatic amines is 1. The van der Waals surface area contributed by atoms with E-state index in [-0.39, 0.29) is 11.9 Å². The quantitative estimate of drug-likeness (QED) is 0.341. The number of carbonyl (C=O) groups excluding carboxylic acids is 1. The van der Waals surface area contributed by atoms with Gasteiger partial charge in [0.25, 0.3) is 5.91 Å². The first-order valence-electron chi connectivity index (χ1n) is 9.92. The molecule has 0 unspecified atom stereocenters. The van der Waals surface area contributed by atoms with E-state index >= 15 is 0 Å². The molecule has 0 aliphatic rings. The molecule has 9 nitrogen and oxygen atoms in total. The van der Waals surface area contributed by atoms with Gasteiger partial charge in [-0.15, -0.1) is 32.9 Å². The lowest BCUT2D eigenvalue weighted by Crippen LogP contribution is -2.27. The molecule has 3 N–H and O–H groups in total. The summed E-state index contributed by atoms with van der Waals surface area (Å²) in [5.41, 5.74) is 2.85. The largest absolute Gasteiger partial charge is 0.342 e. The smallest absolute Gasteiger partial charge is 0.253 e. The number of imidazole rings is 1. The molecule has 0 aliphatic carbocycles. The van der Waals surface area contributed by atoms with Gasteiger partial charge in [-0.05, 0) is 39.0 Å². The molecule has 32 heavy (non-hydrogen) atoms. The van der Waals surface area contributed by atoms with E-state index < -0.39 is 0 Å². The van der Waals surface area contributed by atoms with Crippen molar-refractivity contribution in [2.75, 3.05) is 5.32 Å². The highest BCUT2D eigenvalue weighted by Crippen LogP contribution is 2.32.